The molecule has 0 saturated heterocycles. The van der Waals surface area contributed by atoms with E-state index in [1.807, 2.05) is 0 Å². The lowest BCUT2D eigenvalue weighted by Gasteiger charge is -2.15. The van der Waals surface area contributed by atoms with Crippen LogP contribution in [0.4, 0.5) is 19.0 Å². The van der Waals surface area contributed by atoms with E-state index in [-0.39, 0.29) is 11.5 Å². The third-order valence-electron chi connectivity index (χ3n) is 1.83. The molecule has 15 heavy (non-hydrogen) atoms. The predicted octanol–water partition coefficient (Wildman–Crippen LogP) is 1.60. The van der Waals surface area contributed by atoms with Gasteiger partial charge in [-0.1, -0.05) is 0 Å². The summed E-state index contributed by atoms with van der Waals surface area (Å²) in [7, 11) is 0. The topological polar surface area (TPSA) is 75.6 Å². The van der Waals surface area contributed by atoms with Crippen molar-refractivity contribution in [2.24, 2.45) is 0 Å². The highest BCUT2D eigenvalue weighted by molar-refractivity contribution is 5.35. The normalized spacial score (nSPS) is 13.3. The van der Waals surface area contributed by atoms with Gasteiger partial charge in [0, 0.05) is 0 Å². The maximum absolute atomic E-state index is 12.4. The lowest BCUT2D eigenvalue weighted by Crippen LogP contribution is -2.21. The Morgan fingerprint density at radius 1 is 1.53 bits per heavy atom. The van der Waals surface area contributed by atoms with Crippen LogP contribution in [0.5, 0.6) is 0 Å². The second-order valence-corrected chi connectivity index (χ2v) is 2.90. The van der Waals surface area contributed by atoms with Crippen molar-refractivity contribution in [1.82, 2.24) is 9.97 Å². The highest BCUT2D eigenvalue weighted by Crippen LogP contribution is 2.34. The van der Waals surface area contributed by atoms with E-state index in [1.165, 1.54) is 0 Å². The largest absolute Gasteiger partial charge is 0.397 e. The fourth-order valence-electron chi connectivity index (χ4n) is 0.961. The van der Waals surface area contributed by atoms with Crippen molar-refractivity contribution in [1.29, 1.82) is 5.26 Å². The molecule has 4 nitrogen and oxygen atoms in total. The van der Waals surface area contributed by atoms with E-state index in [9.17, 15) is 13.2 Å². The maximum atomic E-state index is 12.4. The third kappa shape index (κ3) is 2.34. The second-order valence-electron chi connectivity index (χ2n) is 2.90. The molecule has 2 N–H and O–H groups in total. The van der Waals surface area contributed by atoms with Crippen molar-refractivity contribution in [2.75, 3.05) is 5.73 Å². The number of anilines is 1. The van der Waals surface area contributed by atoms with Crippen molar-refractivity contribution < 1.29 is 13.2 Å². The molecular weight excluding hydrogens is 209 g/mol. The Hall–Kier alpha value is -1.84. The number of halogens is 3. The number of nitriles is 1. The molecule has 1 atom stereocenters. The second kappa shape index (κ2) is 3.73. The lowest BCUT2D eigenvalue weighted by atomic mass is 10.1. The van der Waals surface area contributed by atoms with Gasteiger partial charge in [-0.2, -0.15) is 18.4 Å². The van der Waals surface area contributed by atoms with E-state index in [0.717, 1.165) is 13.1 Å². The maximum Gasteiger partial charge on any atom is 0.397 e. The molecule has 0 spiro atoms. The van der Waals surface area contributed by atoms with Gasteiger partial charge in [-0.25, -0.2) is 9.97 Å². The van der Waals surface area contributed by atoms with Crippen LogP contribution in [0.3, 0.4) is 0 Å². The average molecular weight is 216 g/mol. The number of hydrogen-bond acceptors (Lipinski definition) is 4. The number of nitrogen functional groups attached to an aromatic ring is 1. The fourth-order valence-corrected chi connectivity index (χ4v) is 0.961. The van der Waals surface area contributed by atoms with Gasteiger partial charge in [0.25, 0.3) is 0 Å². The minimum Gasteiger partial charge on any atom is -0.382 e. The lowest BCUT2D eigenvalue weighted by molar-refractivity contribution is -0.147. The van der Waals surface area contributed by atoms with Crippen LogP contribution in [0.1, 0.15) is 24.2 Å². The SMILES string of the molecule is CC(c1nc(N)cnc1C#N)C(F)(F)F. The minimum atomic E-state index is -4.46. The van der Waals surface area contributed by atoms with Crippen molar-refractivity contribution >= 4 is 5.82 Å². The summed E-state index contributed by atoms with van der Waals surface area (Å²) < 4.78 is 37.1. The molecule has 0 aromatic carbocycles. The highest BCUT2D eigenvalue weighted by atomic mass is 19.4. The Balaban J connectivity index is 3.24. The summed E-state index contributed by atoms with van der Waals surface area (Å²) in [6.45, 7) is 0.907. The molecule has 0 fully saturated rings. The van der Waals surface area contributed by atoms with Gasteiger partial charge in [0.15, 0.2) is 5.69 Å². The molecule has 1 rings (SSSR count). The Morgan fingerprint density at radius 2 is 2.13 bits per heavy atom. The monoisotopic (exact) mass is 216 g/mol. The zero-order chi connectivity index (χ0) is 11.6. The third-order valence-corrected chi connectivity index (χ3v) is 1.83. The average Bonchev–Trinajstić information content (AvgIpc) is 2.15. The van der Waals surface area contributed by atoms with Crippen molar-refractivity contribution in [3.8, 4) is 6.07 Å². The molecule has 0 aliphatic rings. The van der Waals surface area contributed by atoms with E-state index >= 15 is 0 Å². The van der Waals surface area contributed by atoms with Crippen LogP contribution < -0.4 is 5.73 Å². The van der Waals surface area contributed by atoms with Gasteiger partial charge in [-0.3, -0.25) is 0 Å². The first-order chi connectivity index (χ1) is 6.86. The standard InChI is InChI=1S/C8H7F3N4/c1-4(8(9,10)11)7-5(2-12)14-3-6(13)15-7/h3-4H,1H3,(H2,13,15). The van der Waals surface area contributed by atoms with Crippen LogP contribution in [0.2, 0.25) is 0 Å². The quantitative estimate of drug-likeness (QED) is 0.773. The minimum absolute atomic E-state index is 0.139. The molecule has 1 aromatic heterocycles. The fraction of sp³-hybridized carbons (Fsp3) is 0.375. The molecule has 80 valence electrons. The molecule has 1 aromatic rings. The molecule has 0 bridgehead atoms. The molecule has 0 saturated carbocycles. The number of alkyl halides is 3. The Kier molecular flexibility index (Phi) is 2.79. The first-order valence-electron chi connectivity index (χ1n) is 3.95. The van der Waals surface area contributed by atoms with E-state index < -0.39 is 17.8 Å². The van der Waals surface area contributed by atoms with Gasteiger partial charge in [0.1, 0.15) is 11.9 Å². The summed E-state index contributed by atoms with van der Waals surface area (Å²) in [4.78, 5) is 6.97. The van der Waals surface area contributed by atoms with E-state index in [1.54, 1.807) is 6.07 Å². The molecule has 0 aliphatic carbocycles. The number of aromatic nitrogens is 2. The zero-order valence-corrected chi connectivity index (χ0v) is 7.71. The van der Waals surface area contributed by atoms with Gasteiger partial charge >= 0.3 is 6.18 Å². The van der Waals surface area contributed by atoms with Crippen LogP contribution in [-0.2, 0) is 0 Å². The summed E-state index contributed by atoms with van der Waals surface area (Å²) in [5.74, 6) is -2.00. The Bertz CT molecular complexity index is 407. The Morgan fingerprint density at radius 3 is 2.60 bits per heavy atom. The van der Waals surface area contributed by atoms with Gasteiger partial charge in [-0.05, 0) is 6.92 Å². The van der Waals surface area contributed by atoms with Crippen molar-refractivity contribution in [2.45, 2.75) is 19.0 Å². The molecule has 0 aliphatic heterocycles. The van der Waals surface area contributed by atoms with E-state index in [4.69, 9.17) is 11.0 Å². The summed E-state index contributed by atoms with van der Waals surface area (Å²) in [6.07, 6.45) is -3.42. The number of nitrogens with zero attached hydrogens (tertiary/aromatic N) is 3. The van der Waals surface area contributed by atoms with Crippen molar-refractivity contribution in [3.63, 3.8) is 0 Å². The van der Waals surface area contributed by atoms with Crippen molar-refractivity contribution in [3.05, 3.63) is 17.6 Å². The number of rotatable bonds is 1. The van der Waals surface area contributed by atoms with Crippen LogP contribution >= 0.6 is 0 Å². The molecule has 0 amide bonds. The molecule has 0 radical (unpaired) electrons. The van der Waals surface area contributed by atoms with E-state index in [2.05, 4.69) is 9.97 Å². The number of hydrogen-bond donors (Lipinski definition) is 1. The first-order valence-corrected chi connectivity index (χ1v) is 3.95. The Labute approximate surface area is 83.6 Å². The summed E-state index contributed by atoms with van der Waals surface area (Å²) >= 11 is 0. The predicted molar refractivity (Wildman–Crippen MR) is 45.6 cm³/mol. The summed E-state index contributed by atoms with van der Waals surface area (Å²) in [6, 6.07) is 1.55. The van der Waals surface area contributed by atoms with E-state index in [0.29, 0.717) is 0 Å². The first kappa shape index (κ1) is 11.2. The molecule has 7 heteroatoms. The van der Waals surface area contributed by atoms with Crippen LogP contribution in [0.15, 0.2) is 6.20 Å². The van der Waals surface area contributed by atoms with Gasteiger partial charge in [0.05, 0.1) is 17.8 Å². The molecule has 1 unspecified atom stereocenters. The van der Waals surface area contributed by atoms with Gasteiger partial charge in [0.2, 0.25) is 0 Å². The number of nitrogens with two attached hydrogens (primary N) is 1. The summed E-state index contributed by atoms with van der Waals surface area (Å²) in [5, 5.41) is 8.56. The molecule has 1 heterocycles. The highest BCUT2D eigenvalue weighted by Gasteiger charge is 2.39. The van der Waals surface area contributed by atoms with Crippen LogP contribution in [0.25, 0.3) is 0 Å². The van der Waals surface area contributed by atoms with Gasteiger partial charge in [-0.15, -0.1) is 0 Å². The van der Waals surface area contributed by atoms with Crippen LogP contribution in [-0.4, -0.2) is 16.1 Å². The van der Waals surface area contributed by atoms with Gasteiger partial charge < -0.3 is 5.73 Å². The summed E-state index contributed by atoms with van der Waals surface area (Å²) in [5.41, 5.74) is 4.42. The zero-order valence-electron chi connectivity index (χ0n) is 7.71. The molecular formula is C8H7F3N4. The smallest absolute Gasteiger partial charge is 0.382 e. The van der Waals surface area contributed by atoms with Crippen LogP contribution in [0, 0.1) is 11.3 Å².